The van der Waals surface area contributed by atoms with Crippen LogP contribution in [0.15, 0.2) is 36.4 Å². The molecule has 1 saturated carbocycles. The molecule has 0 bridgehead atoms. The van der Waals surface area contributed by atoms with Gasteiger partial charge in [-0.05, 0) is 42.7 Å². The standard InChI is InChI=1S/C27H30F2N2O6.2H2/c1-25(2,3)22-10-15-9-17(12-21(35-4)23(15)31(22)13-18(33)14-32)30-24(34)26(7-8-26)16-5-6-19-20(11-16)37-27(28,29)36-19;;/h5-6,9-12,18,32-33H,7-8,13-14H2,1-4H3,(H,30,34);2*1H/t18-;;/m0../s1. The van der Waals surface area contributed by atoms with Crippen molar-refractivity contribution in [3.05, 3.63) is 47.7 Å². The fourth-order valence-electron chi connectivity index (χ4n) is 4.95. The maximum absolute atomic E-state index is 13.5. The summed E-state index contributed by atoms with van der Waals surface area (Å²) in [6.07, 6.45) is -3.53. The molecule has 1 aliphatic heterocycles. The number of aliphatic hydroxyl groups is 2. The smallest absolute Gasteiger partial charge is 0.494 e. The van der Waals surface area contributed by atoms with Crippen molar-refractivity contribution in [1.29, 1.82) is 0 Å². The van der Waals surface area contributed by atoms with Crippen LogP contribution in [0.3, 0.4) is 0 Å². The molecule has 5 rings (SSSR count). The summed E-state index contributed by atoms with van der Waals surface area (Å²) in [7, 11) is 1.53. The Bertz CT molecular complexity index is 1380. The van der Waals surface area contributed by atoms with Crippen LogP contribution >= 0.6 is 0 Å². The fourth-order valence-corrected chi connectivity index (χ4v) is 4.95. The van der Waals surface area contributed by atoms with E-state index in [1.54, 1.807) is 12.1 Å². The molecule has 3 N–H and O–H groups in total. The van der Waals surface area contributed by atoms with Gasteiger partial charge in [0.05, 0.1) is 37.3 Å². The molecule has 8 nitrogen and oxygen atoms in total. The first-order valence-corrected chi connectivity index (χ1v) is 12.1. The van der Waals surface area contributed by atoms with Crippen molar-refractivity contribution in [2.75, 3.05) is 19.0 Å². The third-order valence-electron chi connectivity index (χ3n) is 6.95. The molecule has 0 spiro atoms. The highest BCUT2D eigenvalue weighted by Crippen LogP contribution is 2.52. The number of aromatic nitrogens is 1. The molecule has 1 amide bonds. The second-order valence-corrected chi connectivity index (χ2v) is 10.7. The molecule has 2 aromatic carbocycles. The monoisotopic (exact) mass is 520 g/mol. The largest absolute Gasteiger partial charge is 0.586 e. The van der Waals surface area contributed by atoms with Crippen LogP contribution in [0.1, 0.15) is 47.7 Å². The van der Waals surface area contributed by atoms with E-state index >= 15 is 0 Å². The first-order valence-electron chi connectivity index (χ1n) is 12.1. The average molecular weight is 521 g/mol. The Labute approximate surface area is 215 Å². The molecular formula is C27H34F2N2O6. The third-order valence-corrected chi connectivity index (χ3v) is 6.95. The molecule has 3 aromatic rings. The predicted molar refractivity (Wildman–Crippen MR) is 137 cm³/mol. The third kappa shape index (κ3) is 4.48. The zero-order valence-electron chi connectivity index (χ0n) is 21.1. The Morgan fingerprint density at radius 1 is 1.19 bits per heavy atom. The Balaban J connectivity index is 0.00000210. The maximum atomic E-state index is 13.5. The van der Waals surface area contributed by atoms with Crippen molar-refractivity contribution in [2.45, 2.75) is 63.4 Å². The van der Waals surface area contributed by atoms with E-state index in [1.807, 2.05) is 16.7 Å². The number of methoxy groups -OCH3 is 1. The minimum atomic E-state index is -3.72. The van der Waals surface area contributed by atoms with Crippen molar-refractivity contribution in [1.82, 2.24) is 4.57 Å². The Hall–Kier alpha value is -3.37. The summed E-state index contributed by atoms with van der Waals surface area (Å²) < 4.78 is 43.6. The number of halogens is 2. The van der Waals surface area contributed by atoms with Crippen LogP contribution in [0, 0.1) is 0 Å². The molecule has 1 atom stereocenters. The lowest BCUT2D eigenvalue weighted by Gasteiger charge is -2.24. The SMILES string of the molecule is COc1cc(NC(=O)C2(c3ccc4c(c3)OC(F)(F)O4)CC2)cc2cc(C(C)(C)C)n(C[C@H](O)CO)c12.[HH].[HH]. The first-order chi connectivity index (χ1) is 17.4. The number of carbonyl (C=O) groups excluding carboxylic acids is 1. The van der Waals surface area contributed by atoms with E-state index in [4.69, 9.17) is 4.74 Å². The Morgan fingerprint density at radius 3 is 2.51 bits per heavy atom. The molecule has 0 unspecified atom stereocenters. The second kappa shape index (κ2) is 8.59. The zero-order valence-corrected chi connectivity index (χ0v) is 21.1. The number of nitrogens with one attached hydrogen (secondary N) is 1. The molecule has 1 fully saturated rings. The molecule has 1 aliphatic carbocycles. The lowest BCUT2D eigenvalue weighted by molar-refractivity contribution is -0.286. The number of hydrogen-bond donors (Lipinski definition) is 3. The topological polar surface area (TPSA) is 102 Å². The van der Waals surface area contributed by atoms with Crippen LogP contribution in [0.2, 0.25) is 0 Å². The van der Waals surface area contributed by atoms with Gasteiger partial charge >= 0.3 is 6.29 Å². The van der Waals surface area contributed by atoms with E-state index < -0.39 is 17.8 Å². The van der Waals surface area contributed by atoms with Gasteiger partial charge in [-0.3, -0.25) is 4.79 Å². The van der Waals surface area contributed by atoms with Crippen molar-refractivity contribution in [3.8, 4) is 17.2 Å². The predicted octanol–water partition coefficient (Wildman–Crippen LogP) is 4.78. The van der Waals surface area contributed by atoms with Crippen LogP contribution in [0.25, 0.3) is 10.9 Å². The van der Waals surface area contributed by atoms with Gasteiger partial charge in [-0.1, -0.05) is 26.8 Å². The average Bonchev–Trinajstić information content (AvgIpc) is 3.46. The highest BCUT2D eigenvalue weighted by molar-refractivity contribution is 6.03. The molecule has 37 heavy (non-hydrogen) atoms. The van der Waals surface area contributed by atoms with Crippen LogP contribution in [-0.4, -0.2) is 46.8 Å². The summed E-state index contributed by atoms with van der Waals surface area (Å²) in [6.45, 7) is 5.96. The van der Waals surface area contributed by atoms with Gasteiger partial charge in [-0.25, -0.2) is 0 Å². The van der Waals surface area contributed by atoms with Crippen molar-refractivity contribution in [2.24, 2.45) is 0 Å². The van der Waals surface area contributed by atoms with Gasteiger partial charge in [0.25, 0.3) is 0 Å². The summed E-state index contributed by atoms with van der Waals surface area (Å²) >= 11 is 0. The van der Waals surface area contributed by atoms with E-state index in [9.17, 15) is 23.8 Å². The highest BCUT2D eigenvalue weighted by atomic mass is 19.3. The van der Waals surface area contributed by atoms with Gasteiger partial charge in [-0.15, -0.1) is 8.78 Å². The highest BCUT2D eigenvalue weighted by Gasteiger charge is 2.53. The van der Waals surface area contributed by atoms with Gasteiger partial charge in [0.15, 0.2) is 11.5 Å². The first kappa shape index (κ1) is 25.3. The summed E-state index contributed by atoms with van der Waals surface area (Å²) in [5.74, 6) is 0.0886. The van der Waals surface area contributed by atoms with Crippen LogP contribution in [0.5, 0.6) is 17.2 Å². The van der Waals surface area contributed by atoms with E-state index in [1.165, 1.54) is 19.2 Å². The number of rotatable bonds is 7. The minimum absolute atomic E-state index is 0. The van der Waals surface area contributed by atoms with E-state index in [0.29, 0.717) is 29.8 Å². The number of carbonyl (C=O) groups is 1. The number of ether oxygens (including phenoxy) is 3. The van der Waals surface area contributed by atoms with Gasteiger partial charge in [0.2, 0.25) is 5.91 Å². The molecule has 0 radical (unpaired) electrons. The second-order valence-electron chi connectivity index (χ2n) is 10.7. The van der Waals surface area contributed by atoms with Crippen LogP contribution in [-0.2, 0) is 22.2 Å². The van der Waals surface area contributed by atoms with Crippen molar-refractivity contribution >= 4 is 22.5 Å². The van der Waals surface area contributed by atoms with Crippen LogP contribution in [0.4, 0.5) is 14.5 Å². The fraction of sp³-hybridized carbons (Fsp3) is 0.444. The quantitative estimate of drug-likeness (QED) is 0.414. The summed E-state index contributed by atoms with van der Waals surface area (Å²) in [6, 6.07) is 9.99. The lowest BCUT2D eigenvalue weighted by Crippen LogP contribution is -2.28. The summed E-state index contributed by atoms with van der Waals surface area (Å²) in [5, 5.41) is 23.4. The lowest BCUT2D eigenvalue weighted by atomic mass is 9.92. The molecule has 0 saturated heterocycles. The van der Waals surface area contributed by atoms with Crippen LogP contribution < -0.4 is 19.5 Å². The van der Waals surface area contributed by atoms with E-state index in [-0.39, 0.29) is 38.8 Å². The number of anilines is 1. The Kier molecular flexibility index (Phi) is 5.87. The molecule has 10 heteroatoms. The number of benzene rings is 2. The number of amides is 1. The minimum Gasteiger partial charge on any atom is -0.494 e. The number of nitrogens with zero attached hydrogens (tertiary/aromatic N) is 1. The molecule has 202 valence electrons. The summed E-state index contributed by atoms with van der Waals surface area (Å²) in [5.41, 5.74) is 1.66. The molecular weight excluding hydrogens is 486 g/mol. The van der Waals surface area contributed by atoms with E-state index in [0.717, 1.165) is 16.6 Å². The van der Waals surface area contributed by atoms with Gasteiger partial charge in [0, 0.05) is 31.1 Å². The number of alkyl halides is 2. The van der Waals surface area contributed by atoms with Gasteiger partial charge < -0.3 is 34.3 Å². The number of hydrogen-bond acceptors (Lipinski definition) is 6. The Morgan fingerprint density at radius 2 is 1.89 bits per heavy atom. The summed E-state index contributed by atoms with van der Waals surface area (Å²) in [4.78, 5) is 13.4. The van der Waals surface area contributed by atoms with E-state index in [2.05, 4.69) is 35.6 Å². The zero-order chi connectivity index (χ0) is 26.8. The molecule has 2 heterocycles. The number of aliphatic hydroxyl groups excluding tert-OH is 2. The molecule has 2 aliphatic rings. The molecule has 1 aromatic heterocycles. The maximum Gasteiger partial charge on any atom is 0.586 e. The van der Waals surface area contributed by atoms with Gasteiger partial charge in [-0.2, -0.15) is 0 Å². The van der Waals surface area contributed by atoms with Crippen molar-refractivity contribution in [3.63, 3.8) is 0 Å². The normalized spacial score (nSPS) is 18.1. The number of fused-ring (bicyclic) bond motifs is 2. The van der Waals surface area contributed by atoms with Gasteiger partial charge in [0.1, 0.15) is 5.75 Å². The van der Waals surface area contributed by atoms with Crippen molar-refractivity contribution < 1.29 is 40.9 Å².